The molecule has 98 valence electrons. The second-order valence-corrected chi connectivity index (χ2v) is 6.83. The molecule has 0 spiro atoms. The molecule has 0 fully saturated rings. The molecule has 0 aliphatic carbocycles. The van der Waals surface area contributed by atoms with Crippen LogP contribution in [0.4, 0.5) is 0 Å². The fraction of sp³-hybridized carbons (Fsp3) is 0.375. The second kappa shape index (κ2) is 5.03. The van der Waals surface area contributed by atoms with Crippen LogP contribution in [-0.2, 0) is 17.1 Å². The molecule has 0 aromatic carbocycles. The Kier molecular flexibility index (Phi) is 3.80. The third-order valence-electron chi connectivity index (χ3n) is 2.15. The van der Waals surface area contributed by atoms with Crippen molar-refractivity contribution in [1.29, 1.82) is 0 Å². The van der Waals surface area contributed by atoms with Gasteiger partial charge in [-0.25, -0.2) is 22.8 Å². The number of nitrogens with one attached hydrogen (secondary N) is 1. The van der Waals surface area contributed by atoms with Crippen molar-refractivity contribution in [3.05, 3.63) is 21.2 Å². The van der Waals surface area contributed by atoms with Crippen molar-refractivity contribution in [1.82, 2.24) is 24.7 Å². The summed E-state index contributed by atoms with van der Waals surface area (Å²) in [6, 6.07) is -0.406. The molecule has 1 unspecified atom stereocenters. The maximum absolute atomic E-state index is 12.2. The molecule has 7 nitrogen and oxygen atoms in total. The number of aryl methyl sites for hydroxylation is 1. The van der Waals surface area contributed by atoms with Crippen molar-refractivity contribution in [2.75, 3.05) is 0 Å². The molecule has 0 aliphatic rings. The molecule has 0 saturated carbocycles. The number of aromatic nitrogens is 4. The van der Waals surface area contributed by atoms with E-state index in [0.29, 0.717) is 5.01 Å². The molecule has 2 heterocycles. The largest absolute Gasteiger partial charge is 0.261 e. The van der Waals surface area contributed by atoms with Crippen LogP contribution in [0.3, 0.4) is 0 Å². The zero-order chi connectivity index (χ0) is 13.3. The Morgan fingerprint density at radius 1 is 1.56 bits per heavy atom. The van der Waals surface area contributed by atoms with Crippen molar-refractivity contribution in [3.8, 4) is 0 Å². The molecular formula is C8H10BrN5O2S2. The van der Waals surface area contributed by atoms with Gasteiger partial charge in [0.05, 0.1) is 6.04 Å². The van der Waals surface area contributed by atoms with Crippen molar-refractivity contribution in [2.24, 2.45) is 7.05 Å². The van der Waals surface area contributed by atoms with Gasteiger partial charge in [0.25, 0.3) is 10.0 Å². The molecule has 0 bridgehead atoms. The van der Waals surface area contributed by atoms with Crippen LogP contribution in [0.2, 0.25) is 0 Å². The Morgan fingerprint density at radius 3 is 2.78 bits per heavy atom. The quantitative estimate of drug-likeness (QED) is 0.889. The van der Waals surface area contributed by atoms with Gasteiger partial charge in [-0.2, -0.15) is 0 Å². The summed E-state index contributed by atoms with van der Waals surface area (Å²) in [6.07, 6.45) is 1.63. The summed E-state index contributed by atoms with van der Waals surface area (Å²) in [4.78, 5) is 4.07. The van der Waals surface area contributed by atoms with E-state index < -0.39 is 16.1 Å². The van der Waals surface area contributed by atoms with Crippen LogP contribution in [0.25, 0.3) is 0 Å². The molecule has 1 N–H and O–H groups in total. The van der Waals surface area contributed by atoms with Gasteiger partial charge >= 0.3 is 0 Å². The SMILES string of the molecule is CC(NS(=O)(=O)c1c(Br)nnn1C)c1nccs1. The van der Waals surface area contributed by atoms with Crippen molar-refractivity contribution < 1.29 is 8.42 Å². The smallest absolute Gasteiger partial charge is 0.248 e. The van der Waals surface area contributed by atoms with Gasteiger partial charge in [-0.05, 0) is 22.9 Å². The van der Waals surface area contributed by atoms with Gasteiger partial charge in [-0.3, -0.25) is 0 Å². The van der Waals surface area contributed by atoms with E-state index in [-0.39, 0.29) is 9.63 Å². The Bertz CT molecular complexity index is 617. The molecule has 0 amide bonds. The molecule has 1 atom stereocenters. The normalized spacial score (nSPS) is 13.7. The summed E-state index contributed by atoms with van der Waals surface area (Å²) in [7, 11) is -2.18. The number of hydrogen-bond acceptors (Lipinski definition) is 6. The third kappa shape index (κ3) is 2.60. The Morgan fingerprint density at radius 2 is 2.28 bits per heavy atom. The Balaban J connectivity index is 2.28. The highest BCUT2D eigenvalue weighted by Crippen LogP contribution is 2.21. The second-order valence-electron chi connectivity index (χ2n) is 3.52. The van der Waals surface area contributed by atoms with Gasteiger partial charge in [0.1, 0.15) is 5.01 Å². The lowest BCUT2D eigenvalue weighted by Gasteiger charge is -2.11. The number of sulfonamides is 1. The highest BCUT2D eigenvalue weighted by molar-refractivity contribution is 9.10. The monoisotopic (exact) mass is 351 g/mol. The lowest BCUT2D eigenvalue weighted by atomic mass is 10.4. The summed E-state index contributed by atoms with van der Waals surface area (Å²) in [5.74, 6) is 0. The van der Waals surface area contributed by atoms with E-state index in [2.05, 4.69) is 35.9 Å². The fourth-order valence-corrected chi connectivity index (χ4v) is 4.42. The first-order chi connectivity index (χ1) is 8.42. The number of hydrogen-bond donors (Lipinski definition) is 1. The van der Waals surface area contributed by atoms with E-state index in [0.717, 1.165) is 0 Å². The molecule has 2 rings (SSSR count). The number of halogens is 1. The first kappa shape index (κ1) is 13.6. The van der Waals surface area contributed by atoms with Crippen LogP contribution in [0.5, 0.6) is 0 Å². The van der Waals surface area contributed by atoms with Crippen molar-refractivity contribution in [2.45, 2.75) is 18.0 Å². The molecule has 0 aliphatic heterocycles. The van der Waals surface area contributed by atoms with Gasteiger partial charge in [0.15, 0.2) is 4.60 Å². The molecule has 2 aromatic heterocycles. The third-order valence-corrected chi connectivity index (χ3v) is 5.53. The average Bonchev–Trinajstić information content (AvgIpc) is 2.87. The molecule has 0 saturated heterocycles. The van der Waals surface area contributed by atoms with Crippen molar-refractivity contribution in [3.63, 3.8) is 0 Å². The Labute approximate surface area is 116 Å². The fourth-order valence-electron chi connectivity index (χ4n) is 1.40. The first-order valence-corrected chi connectivity index (χ1v) is 8.04. The number of nitrogens with zero attached hydrogens (tertiary/aromatic N) is 4. The number of thiazole rings is 1. The van der Waals surface area contributed by atoms with Crippen LogP contribution >= 0.6 is 27.3 Å². The lowest BCUT2D eigenvalue weighted by Crippen LogP contribution is -2.28. The molecule has 18 heavy (non-hydrogen) atoms. The van der Waals surface area contributed by atoms with E-state index >= 15 is 0 Å². The van der Waals surface area contributed by atoms with Crippen molar-refractivity contribution >= 4 is 37.3 Å². The van der Waals surface area contributed by atoms with Gasteiger partial charge in [-0.1, -0.05) is 5.21 Å². The van der Waals surface area contributed by atoms with Gasteiger partial charge in [0, 0.05) is 18.6 Å². The van der Waals surface area contributed by atoms with Crippen LogP contribution in [0, 0.1) is 0 Å². The van der Waals surface area contributed by atoms with E-state index in [1.807, 2.05) is 0 Å². The highest BCUT2D eigenvalue weighted by atomic mass is 79.9. The highest BCUT2D eigenvalue weighted by Gasteiger charge is 2.26. The van der Waals surface area contributed by atoms with E-state index in [1.54, 1.807) is 18.5 Å². The zero-order valence-corrected chi connectivity index (χ0v) is 12.8. The van der Waals surface area contributed by atoms with E-state index in [4.69, 9.17) is 0 Å². The van der Waals surface area contributed by atoms with Gasteiger partial charge in [0.2, 0.25) is 5.03 Å². The summed E-state index contributed by atoms with van der Waals surface area (Å²) in [6.45, 7) is 1.73. The van der Waals surface area contributed by atoms with E-state index in [1.165, 1.54) is 23.1 Å². The number of rotatable bonds is 4. The maximum atomic E-state index is 12.2. The first-order valence-electron chi connectivity index (χ1n) is 4.88. The minimum atomic E-state index is -3.70. The Hall–Kier alpha value is -0.840. The molecule has 0 radical (unpaired) electrons. The van der Waals surface area contributed by atoms with Crippen LogP contribution in [0.15, 0.2) is 21.2 Å². The molecular weight excluding hydrogens is 342 g/mol. The average molecular weight is 352 g/mol. The predicted octanol–water partition coefficient (Wildman–Crippen LogP) is 1.07. The zero-order valence-electron chi connectivity index (χ0n) is 9.53. The predicted molar refractivity (Wildman–Crippen MR) is 69.6 cm³/mol. The topological polar surface area (TPSA) is 89.8 Å². The molecule has 2 aromatic rings. The summed E-state index contributed by atoms with van der Waals surface area (Å²) in [5.41, 5.74) is 0. The summed E-state index contributed by atoms with van der Waals surface area (Å²) >= 11 is 4.45. The van der Waals surface area contributed by atoms with Gasteiger partial charge in [-0.15, -0.1) is 16.4 Å². The van der Waals surface area contributed by atoms with E-state index in [9.17, 15) is 8.42 Å². The maximum Gasteiger partial charge on any atom is 0.261 e. The van der Waals surface area contributed by atoms with Gasteiger partial charge < -0.3 is 0 Å². The minimum absolute atomic E-state index is 0.00842. The summed E-state index contributed by atoms with van der Waals surface area (Å²) < 4.78 is 28.3. The lowest BCUT2D eigenvalue weighted by molar-refractivity contribution is 0.547. The van der Waals surface area contributed by atoms with Crippen LogP contribution in [-0.4, -0.2) is 28.4 Å². The standard InChI is InChI=1S/C8H10BrN5O2S2/c1-5(7-10-3-4-17-7)12-18(15,16)8-6(9)11-13-14(8)2/h3-5,12H,1-2H3. The summed E-state index contributed by atoms with van der Waals surface area (Å²) in [5, 5.41) is 9.77. The van der Waals surface area contributed by atoms with Crippen LogP contribution in [0.1, 0.15) is 18.0 Å². The minimum Gasteiger partial charge on any atom is -0.248 e. The van der Waals surface area contributed by atoms with Crippen LogP contribution < -0.4 is 4.72 Å². The molecule has 10 heteroatoms.